The highest BCUT2D eigenvalue weighted by Gasteiger charge is 2.06. The van der Waals surface area contributed by atoms with Crippen molar-refractivity contribution in [3.8, 4) is 0 Å². The number of benzene rings is 1. The molecule has 0 fully saturated rings. The fourth-order valence-corrected chi connectivity index (χ4v) is 1.53. The molecule has 0 atom stereocenters. The predicted molar refractivity (Wildman–Crippen MR) is 61.3 cm³/mol. The van der Waals surface area contributed by atoms with Gasteiger partial charge in [-0.25, -0.2) is 4.39 Å². The van der Waals surface area contributed by atoms with Gasteiger partial charge in [-0.15, -0.1) is 0 Å². The Morgan fingerprint density at radius 3 is 2.86 bits per heavy atom. The van der Waals surface area contributed by atoms with Gasteiger partial charge >= 0.3 is 0 Å². The molecule has 0 aliphatic heterocycles. The van der Waals surface area contributed by atoms with Crippen molar-refractivity contribution >= 4 is 21.6 Å². The summed E-state index contributed by atoms with van der Waals surface area (Å²) in [4.78, 5) is 1.89. The third-order valence-corrected chi connectivity index (χ3v) is 2.51. The average Bonchev–Trinajstić information content (AvgIpc) is 2.18. The molecule has 1 N–H and O–H groups in total. The van der Waals surface area contributed by atoms with E-state index >= 15 is 0 Å². The molecule has 0 spiro atoms. The van der Waals surface area contributed by atoms with Crippen molar-refractivity contribution in [3.63, 3.8) is 0 Å². The molecule has 0 amide bonds. The maximum atomic E-state index is 13.4. The number of nitrogens with zero attached hydrogens (tertiary/aromatic N) is 1. The summed E-state index contributed by atoms with van der Waals surface area (Å²) < 4.78 is 14.3. The van der Waals surface area contributed by atoms with Crippen LogP contribution in [0.4, 0.5) is 10.1 Å². The molecule has 1 rings (SSSR count). The fourth-order valence-electron chi connectivity index (χ4n) is 1.18. The van der Waals surface area contributed by atoms with E-state index in [4.69, 9.17) is 0 Å². The first kappa shape index (κ1) is 11.5. The lowest BCUT2D eigenvalue weighted by molar-refractivity contribution is 0.620. The fraction of sp³-hybridized carbons (Fsp3) is 0.400. The average molecular weight is 261 g/mol. The molecule has 0 heterocycles. The Bertz CT molecular complexity index is 304. The molecule has 2 nitrogen and oxygen atoms in total. The van der Waals surface area contributed by atoms with E-state index in [0.717, 1.165) is 17.6 Å². The SMILES string of the molecule is CNCCN(C)c1cc(Br)ccc1F. The Morgan fingerprint density at radius 1 is 1.50 bits per heavy atom. The molecule has 78 valence electrons. The first-order valence-electron chi connectivity index (χ1n) is 4.46. The van der Waals surface area contributed by atoms with Gasteiger partial charge in [0, 0.05) is 24.6 Å². The number of nitrogens with one attached hydrogen (secondary N) is 1. The molecular weight excluding hydrogens is 247 g/mol. The lowest BCUT2D eigenvalue weighted by Gasteiger charge is -2.19. The molecule has 0 aliphatic carbocycles. The Kier molecular flexibility index (Phi) is 4.35. The highest BCUT2D eigenvalue weighted by Crippen LogP contribution is 2.22. The van der Waals surface area contributed by atoms with Crippen LogP contribution in [0.2, 0.25) is 0 Å². The van der Waals surface area contributed by atoms with Gasteiger partial charge in [0.1, 0.15) is 5.82 Å². The van der Waals surface area contributed by atoms with E-state index in [9.17, 15) is 4.39 Å². The number of hydrogen-bond donors (Lipinski definition) is 1. The van der Waals surface area contributed by atoms with Crippen LogP contribution in [0.1, 0.15) is 0 Å². The Morgan fingerprint density at radius 2 is 2.21 bits per heavy atom. The lowest BCUT2D eigenvalue weighted by atomic mass is 10.3. The van der Waals surface area contributed by atoms with Crippen molar-refractivity contribution in [1.29, 1.82) is 0 Å². The van der Waals surface area contributed by atoms with E-state index in [-0.39, 0.29) is 5.82 Å². The number of anilines is 1. The van der Waals surface area contributed by atoms with Crippen molar-refractivity contribution < 1.29 is 4.39 Å². The van der Waals surface area contributed by atoms with Gasteiger partial charge in [-0.1, -0.05) is 15.9 Å². The monoisotopic (exact) mass is 260 g/mol. The van der Waals surface area contributed by atoms with Crippen molar-refractivity contribution in [2.24, 2.45) is 0 Å². The van der Waals surface area contributed by atoms with Gasteiger partial charge < -0.3 is 10.2 Å². The number of likely N-dealkylation sites (N-methyl/N-ethyl adjacent to an activating group) is 2. The van der Waals surface area contributed by atoms with E-state index in [1.165, 1.54) is 6.07 Å². The number of rotatable bonds is 4. The van der Waals surface area contributed by atoms with Gasteiger partial charge in [0.2, 0.25) is 0 Å². The van der Waals surface area contributed by atoms with Crippen LogP contribution in [0.25, 0.3) is 0 Å². The van der Waals surface area contributed by atoms with Gasteiger partial charge in [0.15, 0.2) is 0 Å². The standard InChI is InChI=1S/C10H14BrFN2/c1-13-5-6-14(2)10-7-8(11)3-4-9(10)12/h3-4,7,13H,5-6H2,1-2H3. The smallest absolute Gasteiger partial charge is 0.146 e. The Labute approximate surface area is 92.2 Å². The zero-order valence-corrected chi connectivity index (χ0v) is 9.94. The number of hydrogen-bond acceptors (Lipinski definition) is 2. The van der Waals surface area contributed by atoms with Crippen LogP contribution in [0.3, 0.4) is 0 Å². The van der Waals surface area contributed by atoms with Crippen molar-refractivity contribution in [2.45, 2.75) is 0 Å². The van der Waals surface area contributed by atoms with Crippen LogP contribution >= 0.6 is 15.9 Å². The summed E-state index contributed by atoms with van der Waals surface area (Å²) in [5, 5.41) is 3.03. The molecule has 0 bridgehead atoms. The van der Waals surface area contributed by atoms with Gasteiger partial charge in [0.05, 0.1) is 5.69 Å². The topological polar surface area (TPSA) is 15.3 Å². The molecular formula is C10H14BrFN2. The third-order valence-electron chi connectivity index (χ3n) is 2.02. The summed E-state index contributed by atoms with van der Waals surface area (Å²) in [5.74, 6) is -0.188. The molecule has 0 aliphatic rings. The Balaban J connectivity index is 2.77. The van der Waals surface area contributed by atoms with Gasteiger partial charge in [0.25, 0.3) is 0 Å². The zero-order chi connectivity index (χ0) is 10.6. The largest absolute Gasteiger partial charge is 0.371 e. The van der Waals surface area contributed by atoms with Crippen molar-refractivity contribution in [1.82, 2.24) is 5.32 Å². The summed E-state index contributed by atoms with van der Waals surface area (Å²) in [6, 6.07) is 4.95. The molecule has 14 heavy (non-hydrogen) atoms. The highest BCUT2D eigenvalue weighted by molar-refractivity contribution is 9.10. The van der Waals surface area contributed by atoms with Crippen LogP contribution in [-0.4, -0.2) is 27.2 Å². The molecule has 0 saturated heterocycles. The third kappa shape index (κ3) is 2.96. The highest BCUT2D eigenvalue weighted by atomic mass is 79.9. The molecule has 0 unspecified atom stereocenters. The second-order valence-electron chi connectivity index (χ2n) is 3.12. The second-order valence-corrected chi connectivity index (χ2v) is 4.04. The molecule has 1 aromatic rings. The summed E-state index contributed by atoms with van der Waals surface area (Å²) in [7, 11) is 3.76. The van der Waals surface area contributed by atoms with E-state index in [2.05, 4.69) is 21.2 Å². The van der Waals surface area contributed by atoms with Gasteiger partial charge in [-0.05, 0) is 25.2 Å². The van der Waals surface area contributed by atoms with E-state index in [0.29, 0.717) is 5.69 Å². The molecule has 0 radical (unpaired) electrons. The van der Waals surface area contributed by atoms with E-state index in [1.807, 2.05) is 19.0 Å². The summed E-state index contributed by atoms with van der Waals surface area (Å²) >= 11 is 3.32. The van der Waals surface area contributed by atoms with Crippen molar-refractivity contribution in [3.05, 3.63) is 28.5 Å². The predicted octanol–water partition coefficient (Wildman–Crippen LogP) is 2.24. The van der Waals surface area contributed by atoms with Crippen LogP contribution in [0.15, 0.2) is 22.7 Å². The molecule has 0 saturated carbocycles. The van der Waals surface area contributed by atoms with E-state index < -0.39 is 0 Å². The van der Waals surface area contributed by atoms with Gasteiger partial charge in [-0.3, -0.25) is 0 Å². The minimum absolute atomic E-state index is 0.188. The molecule has 1 aromatic carbocycles. The van der Waals surface area contributed by atoms with Crippen LogP contribution in [0, 0.1) is 5.82 Å². The minimum atomic E-state index is -0.188. The molecule has 0 aromatic heterocycles. The van der Waals surface area contributed by atoms with Crippen LogP contribution < -0.4 is 10.2 Å². The van der Waals surface area contributed by atoms with E-state index in [1.54, 1.807) is 12.1 Å². The first-order chi connectivity index (χ1) is 6.65. The zero-order valence-electron chi connectivity index (χ0n) is 8.35. The van der Waals surface area contributed by atoms with Crippen LogP contribution in [0.5, 0.6) is 0 Å². The summed E-state index contributed by atoms with van der Waals surface area (Å²) in [5.41, 5.74) is 0.620. The second kappa shape index (κ2) is 5.32. The quantitative estimate of drug-likeness (QED) is 0.894. The maximum Gasteiger partial charge on any atom is 0.146 e. The lowest BCUT2D eigenvalue weighted by Crippen LogP contribution is -2.27. The minimum Gasteiger partial charge on any atom is -0.371 e. The summed E-state index contributed by atoms with van der Waals surface area (Å²) in [6.07, 6.45) is 0. The normalized spacial score (nSPS) is 10.3. The van der Waals surface area contributed by atoms with Crippen LogP contribution in [-0.2, 0) is 0 Å². The first-order valence-corrected chi connectivity index (χ1v) is 5.25. The summed E-state index contributed by atoms with van der Waals surface area (Å²) in [6.45, 7) is 1.62. The Hall–Kier alpha value is -0.610. The van der Waals surface area contributed by atoms with Crippen molar-refractivity contribution in [2.75, 3.05) is 32.1 Å². The molecule has 4 heteroatoms. The number of halogens is 2. The maximum absolute atomic E-state index is 13.4. The van der Waals surface area contributed by atoms with Gasteiger partial charge in [-0.2, -0.15) is 0 Å².